The highest BCUT2D eigenvalue weighted by atomic mass is 35.5. The summed E-state index contributed by atoms with van der Waals surface area (Å²) in [5.41, 5.74) is 0.957. The predicted octanol–water partition coefficient (Wildman–Crippen LogP) is 5.82. The smallest absolute Gasteiger partial charge is 0.136 e. The molecule has 7 heteroatoms. The highest BCUT2D eigenvalue weighted by Crippen LogP contribution is 2.45. The van der Waals surface area contributed by atoms with Gasteiger partial charge < -0.3 is 5.11 Å². The molecule has 0 aromatic heterocycles. The predicted molar refractivity (Wildman–Crippen MR) is 71.4 cm³/mol. The minimum atomic E-state index is -0.970. The molecule has 0 atom stereocenters. The van der Waals surface area contributed by atoms with E-state index in [-0.39, 0.29) is 11.3 Å². The van der Waals surface area contributed by atoms with Crippen LogP contribution in [0.5, 0.6) is 5.75 Å². The zero-order valence-corrected chi connectivity index (χ0v) is 12.1. The third-order valence-corrected chi connectivity index (χ3v) is 3.35. The largest absolute Gasteiger partial charge is 0.507 e. The number of halogens is 6. The van der Waals surface area contributed by atoms with Crippen molar-refractivity contribution < 1.29 is 5.11 Å². The number of hydrogen-bond acceptors (Lipinski definition) is 1. The van der Waals surface area contributed by atoms with Crippen molar-refractivity contribution in [2.75, 3.05) is 0 Å². The Morgan fingerprint density at radius 1 is 0.750 bits per heavy atom. The Labute approximate surface area is 123 Å². The molecule has 0 fully saturated rings. The molecule has 0 aliphatic carbocycles. The van der Waals surface area contributed by atoms with Gasteiger partial charge >= 0.3 is 0 Å². The lowest BCUT2D eigenvalue weighted by molar-refractivity contribution is 0.464. The van der Waals surface area contributed by atoms with Crippen LogP contribution in [-0.4, -0.2) is 5.11 Å². The second kappa shape index (κ2) is 6.08. The molecule has 0 radical (unpaired) electrons. The maximum atomic E-state index is 9.90. The maximum absolute atomic E-state index is 9.90. The first-order valence-corrected chi connectivity index (χ1v) is 6.68. The highest BCUT2D eigenvalue weighted by molar-refractivity contribution is 6.47. The summed E-state index contributed by atoms with van der Waals surface area (Å²) in [6.45, 7) is 0. The molecule has 0 saturated carbocycles. The van der Waals surface area contributed by atoms with Gasteiger partial charge in [0.2, 0.25) is 0 Å². The number of alkyl halides is 6. The lowest BCUT2D eigenvalue weighted by Gasteiger charge is -2.16. The van der Waals surface area contributed by atoms with Crippen LogP contribution in [0.4, 0.5) is 0 Å². The van der Waals surface area contributed by atoms with Crippen molar-refractivity contribution >= 4 is 69.6 Å². The van der Waals surface area contributed by atoms with Gasteiger partial charge in [0.1, 0.15) is 20.3 Å². The van der Waals surface area contributed by atoms with Gasteiger partial charge in [0.05, 0.1) is 0 Å². The van der Waals surface area contributed by atoms with E-state index in [4.69, 9.17) is 69.6 Å². The van der Waals surface area contributed by atoms with Crippen molar-refractivity contribution in [3.05, 3.63) is 28.8 Å². The van der Waals surface area contributed by atoms with E-state index in [0.29, 0.717) is 11.1 Å². The molecule has 0 aliphatic rings. The van der Waals surface area contributed by atoms with Crippen molar-refractivity contribution in [1.82, 2.24) is 0 Å². The van der Waals surface area contributed by atoms with E-state index in [1.54, 1.807) is 6.07 Å². The third-order valence-electron chi connectivity index (χ3n) is 1.97. The van der Waals surface area contributed by atoms with Crippen LogP contribution in [-0.2, 0) is 0 Å². The van der Waals surface area contributed by atoms with E-state index in [9.17, 15) is 5.11 Å². The zero-order chi connectivity index (χ0) is 12.5. The molecular weight excluding hydrogens is 337 g/mol. The van der Waals surface area contributed by atoms with Crippen LogP contribution in [0.25, 0.3) is 0 Å². The first kappa shape index (κ1) is 14.8. The van der Waals surface area contributed by atoms with E-state index < -0.39 is 14.5 Å². The van der Waals surface area contributed by atoms with E-state index in [2.05, 4.69) is 0 Å². The SMILES string of the molecule is Oc1c(C(Cl)Cl)ccc(C(Cl)Cl)c1C(Cl)Cl. The Morgan fingerprint density at radius 2 is 1.19 bits per heavy atom. The second-order valence-electron chi connectivity index (χ2n) is 2.91. The lowest BCUT2D eigenvalue weighted by atomic mass is 10.0. The lowest BCUT2D eigenvalue weighted by Crippen LogP contribution is -1.97. The minimum absolute atomic E-state index is 0.186. The number of phenols is 1. The Kier molecular flexibility index (Phi) is 5.63. The molecule has 16 heavy (non-hydrogen) atoms. The average molecular weight is 343 g/mol. The average Bonchev–Trinajstić information content (AvgIpc) is 2.15. The third kappa shape index (κ3) is 3.16. The molecule has 90 valence electrons. The summed E-state index contributed by atoms with van der Waals surface area (Å²) in [6, 6.07) is 3.09. The second-order valence-corrected chi connectivity index (χ2v) is 6.20. The molecular formula is C9H6Cl6O. The van der Waals surface area contributed by atoms with Crippen LogP contribution in [0, 0.1) is 0 Å². The molecule has 0 bridgehead atoms. The summed E-state index contributed by atoms with van der Waals surface area (Å²) < 4.78 is 0. The van der Waals surface area contributed by atoms with E-state index in [1.807, 2.05) is 0 Å². The minimum Gasteiger partial charge on any atom is -0.507 e. The molecule has 1 rings (SSSR count). The molecule has 0 amide bonds. The van der Waals surface area contributed by atoms with Gasteiger partial charge in [-0.05, 0) is 5.56 Å². The fraction of sp³-hybridized carbons (Fsp3) is 0.333. The van der Waals surface area contributed by atoms with Crippen LogP contribution in [0.2, 0.25) is 0 Å². The van der Waals surface area contributed by atoms with Crippen LogP contribution >= 0.6 is 69.6 Å². The van der Waals surface area contributed by atoms with E-state index >= 15 is 0 Å². The quantitative estimate of drug-likeness (QED) is 0.686. The number of aromatic hydroxyl groups is 1. The number of phenolic OH excluding ortho intramolecular Hbond substituents is 1. The monoisotopic (exact) mass is 340 g/mol. The molecule has 1 aromatic carbocycles. The van der Waals surface area contributed by atoms with Gasteiger partial charge in [-0.3, -0.25) is 0 Å². The molecule has 1 N–H and O–H groups in total. The van der Waals surface area contributed by atoms with Crippen molar-refractivity contribution in [3.63, 3.8) is 0 Å². The Balaban J connectivity index is 3.42. The van der Waals surface area contributed by atoms with Gasteiger partial charge in [-0.1, -0.05) is 58.5 Å². The van der Waals surface area contributed by atoms with Crippen LogP contribution in [0.3, 0.4) is 0 Å². The van der Waals surface area contributed by atoms with Crippen molar-refractivity contribution in [2.45, 2.75) is 14.5 Å². The normalized spacial score (nSPS) is 11.8. The first-order chi connectivity index (χ1) is 7.36. The van der Waals surface area contributed by atoms with Crippen LogP contribution in [0.1, 0.15) is 31.2 Å². The number of rotatable bonds is 3. The fourth-order valence-electron chi connectivity index (χ4n) is 1.24. The summed E-state index contributed by atoms with van der Waals surface area (Å²) in [5, 5.41) is 9.90. The van der Waals surface area contributed by atoms with Crippen molar-refractivity contribution in [3.8, 4) is 5.75 Å². The Hall–Kier alpha value is 0.760. The Morgan fingerprint density at radius 3 is 1.56 bits per heavy atom. The van der Waals surface area contributed by atoms with Crippen LogP contribution in [0.15, 0.2) is 12.1 Å². The molecule has 0 aliphatic heterocycles. The summed E-state index contributed by atoms with van der Waals surface area (Å²) >= 11 is 34.3. The van der Waals surface area contributed by atoms with Crippen molar-refractivity contribution in [2.24, 2.45) is 0 Å². The molecule has 0 saturated heterocycles. The van der Waals surface area contributed by atoms with Crippen molar-refractivity contribution in [1.29, 1.82) is 0 Å². The summed E-state index contributed by atoms with van der Waals surface area (Å²) in [4.78, 5) is -2.70. The Bertz CT molecular complexity index is 377. The molecule has 1 aromatic rings. The number of benzene rings is 1. The first-order valence-electron chi connectivity index (χ1n) is 4.06. The van der Waals surface area contributed by atoms with E-state index in [0.717, 1.165) is 0 Å². The van der Waals surface area contributed by atoms with Gasteiger partial charge in [0, 0.05) is 11.1 Å². The van der Waals surface area contributed by atoms with Gasteiger partial charge in [-0.25, -0.2) is 0 Å². The fourth-order valence-corrected chi connectivity index (χ4v) is 2.43. The standard InChI is InChI=1S/C9H6Cl6O/c10-7(11)3-1-2-4(8(12)13)6(16)5(3)9(14)15/h1-2,7-9,16H. The van der Waals surface area contributed by atoms with E-state index in [1.165, 1.54) is 6.07 Å². The maximum Gasteiger partial charge on any atom is 0.136 e. The molecule has 0 heterocycles. The molecule has 1 nitrogen and oxygen atoms in total. The molecule has 0 spiro atoms. The topological polar surface area (TPSA) is 20.2 Å². The zero-order valence-electron chi connectivity index (χ0n) is 7.60. The highest BCUT2D eigenvalue weighted by Gasteiger charge is 2.23. The van der Waals surface area contributed by atoms with Crippen LogP contribution < -0.4 is 0 Å². The summed E-state index contributed by atoms with van der Waals surface area (Å²) in [6.07, 6.45) is 0. The summed E-state index contributed by atoms with van der Waals surface area (Å²) in [5.74, 6) is -0.186. The number of hydrogen-bond donors (Lipinski definition) is 1. The van der Waals surface area contributed by atoms with Gasteiger partial charge in [-0.2, -0.15) is 0 Å². The van der Waals surface area contributed by atoms with Gasteiger partial charge in [0.25, 0.3) is 0 Å². The van der Waals surface area contributed by atoms with Gasteiger partial charge in [-0.15, -0.1) is 23.2 Å². The summed E-state index contributed by atoms with van der Waals surface area (Å²) in [7, 11) is 0. The van der Waals surface area contributed by atoms with Gasteiger partial charge in [0.15, 0.2) is 0 Å². The molecule has 0 unspecified atom stereocenters.